The van der Waals surface area contributed by atoms with Gasteiger partial charge in [-0.25, -0.2) is 0 Å². The summed E-state index contributed by atoms with van der Waals surface area (Å²) in [4.78, 5) is 5.14. The summed E-state index contributed by atoms with van der Waals surface area (Å²) in [6.45, 7) is 4.79. The van der Waals surface area contributed by atoms with Crippen molar-refractivity contribution in [2.45, 2.75) is 88.9 Å². The van der Waals surface area contributed by atoms with Crippen LogP contribution in [0.1, 0.15) is 91.3 Å². The zero-order chi connectivity index (χ0) is 43.3. The minimum absolute atomic E-state index is 0.0956. The van der Waals surface area contributed by atoms with Crippen LogP contribution in [0.5, 0.6) is 0 Å². The van der Waals surface area contributed by atoms with Gasteiger partial charge in [0.2, 0.25) is 0 Å². The number of aryl methyl sites for hydroxylation is 4. The predicted octanol–water partition coefficient (Wildman–Crippen LogP) is 16.4. The summed E-state index contributed by atoms with van der Waals surface area (Å²) >= 11 is 0. The summed E-state index contributed by atoms with van der Waals surface area (Å²) in [7, 11) is 0. The van der Waals surface area contributed by atoms with Crippen LogP contribution in [0.3, 0.4) is 0 Å². The second kappa shape index (κ2) is 15.1. The first-order valence-corrected chi connectivity index (χ1v) is 24.6. The summed E-state index contributed by atoms with van der Waals surface area (Å²) in [5.41, 5.74) is 20.4. The molecule has 8 aromatic rings. The highest BCUT2D eigenvalue weighted by molar-refractivity contribution is 6.00. The maximum Gasteiger partial charge on any atom is 0.0540 e. The van der Waals surface area contributed by atoms with Crippen molar-refractivity contribution in [2.24, 2.45) is 17.8 Å². The summed E-state index contributed by atoms with van der Waals surface area (Å²) in [5, 5.41) is 2.52. The highest BCUT2D eigenvalue weighted by atomic mass is 15.2. The van der Waals surface area contributed by atoms with Crippen molar-refractivity contribution in [3.05, 3.63) is 215 Å². The second-order valence-corrected chi connectivity index (χ2v) is 21.1. The van der Waals surface area contributed by atoms with Crippen molar-refractivity contribution in [1.82, 2.24) is 0 Å². The molecule has 4 saturated carbocycles. The first-order chi connectivity index (χ1) is 31.9. The molecule has 0 unspecified atom stereocenters. The predicted molar refractivity (Wildman–Crippen MR) is 272 cm³/mol. The molecule has 0 N–H and O–H groups in total. The van der Waals surface area contributed by atoms with Crippen LogP contribution in [0.25, 0.3) is 21.9 Å². The van der Waals surface area contributed by atoms with Crippen molar-refractivity contribution in [2.75, 3.05) is 9.80 Å². The molecule has 9 aliphatic carbocycles. The topological polar surface area (TPSA) is 6.48 Å². The lowest BCUT2D eigenvalue weighted by Crippen LogP contribution is -2.48. The molecular weight excluding hydrogens is 785 g/mol. The Balaban J connectivity index is 0.893. The van der Waals surface area contributed by atoms with Gasteiger partial charge in [-0.2, -0.15) is 0 Å². The first-order valence-electron chi connectivity index (χ1n) is 24.6. The Bertz CT molecular complexity index is 3080. The lowest BCUT2D eigenvalue weighted by atomic mass is 9.48. The van der Waals surface area contributed by atoms with Gasteiger partial charge in [-0.15, -0.1) is 0 Å². The summed E-state index contributed by atoms with van der Waals surface area (Å²) in [6.07, 6.45) is 12.4. The van der Waals surface area contributed by atoms with Gasteiger partial charge in [0.25, 0.3) is 0 Å². The van der Waals surface area contributed by atoms with Gasteiger partial charge in [-0.05, 0) is 197 Å². The minimum atomic E-state index is -0.0956. The third kappa shape index (κ3) is 6.50. The van der Waals surface area contributed by atoms with E-state index in [0.29, 0.717) is 5.41 Å². The van der Waals surface area contributed by atoms with E-state index in [9.17, 15) is 0 Å². The van der Waals surface area contributed by atoms with E-state index >= 15 is 0 Å². The van der Waals surface area contributed by atoms with Gasteiger partial charge in [-0.1, -0.05) is 135 Å². The molecule has 0 heterocycles. The Kier molecular flexibility index (Phi) is 9.06. The highest BCUT2D eigenvalue weighted by Crippen LogP contribution is 2.61. The van der Waals surface area contributed by atoms with Gasteiger partial charge in [0.1, 0.15) is 0 Å². The molecule has 0 spiro atoms. The Labute approximate surface area is 385 Å². The van der Waals surface area contributed by atoms with E-state index in [4.69, 9.17) is 0 Å². The molecule has 0 saturated heterocycles. The molecule has 0 aliphatic heterocycles. The van der Waals surface area contributed by atoms with E-state index in [0.717, 1.165) is 43.4 Å². The quantitative estimate of drug-likeness (QED) is 0.158. The number of rotatable bonds is 7. The zero-order valence-electron chi connectivity index (χ0n) is 37.9. The van der Waals surface area contributed by atoms with Crippen molar-refractivity contribution in [3.63, 3.8) is 0 Å². The molecule has 0 radical (unpaired) electrons. The van der Waals surface area contributed by atoms with Crippen LogP contribution in [-0.4, -0.2) is 0 Å². The molecule has 0 atom stereocenters. The summed E-state index contributed by atoms with van der Waals surface area (Å²) < 4.78 is 0. The molecule has 17 rings (SSSR count). The van der Waals surface area contributed by atoms with Gasteiger partial charge < -0.3 is 9.80 Å². The van der Waals surface area contributed by atoms with Gasteiger partial charge in [0, 0.05) is 39.2 Å². The fraction of sp³-hybridized carbons (Fsp3) is 0.270. The number of anilines is 6. The number of para-hydroxylation sites is 1. The largest absolute Gasteiger partial charge is 0.310 e. The van der Waals surface area contributed by atoms with E-state index in [2.05, 4.69) is 200 Å². The average Bonchev–Trinajstić information content (AvgIpc) is 3.55. The Hall–Kier alpha value is -6.38. The number of hydrogen-bond acceptors (Lipinski definition) is 2. The Morgan fingerprint density at radius 1 is 0.415 bits per heavy atom. The lowest BCUT2D eigenvalue weighted by molar-refractivity contribution is -0.00518. The van der Waals surface area contributed by atoms with Crippen molar-refractivity contribution < 1.29 is 0 Å². The molecule has 65 heavy (non-hydrogen) atoms. The number of fused-ring (bicyclic) bond motifs is 4. The van der Waals surface area contributed by atoms with Crippen molar-refractivity contribution >= 4 is 44.9 Å². The highest BCUT2D eigenvalue weighted by Gasteiger charge is 2.51. The standard InChI is InChI=1S/C63H58N2/c1-62(2)57-17-9-8-16-55(57)56-32-31-53(38-58(56)62)65(59-18-10-12-47-11-6-7-15-54(47)59)61-37-43-20-24-48-23-19-42(21-25-49(61)26-22-43)36-60(48)64(51-13-4-3-5-14-51)52-29-27-50(28-30-52)63-39-44-33-45(40-63)35-46(34-44)41-63/h3-19,22-23,26-32,36-38,44-46H,20-21,24-25,33-35,39-41H2,1-2H3. The molecule has 0 aromatic heterocycles. The second-order valence-electron chi connectivity index (χ2n) is 21.1. The Morgan fingerprint density at radius 3 is 1.69 bits per heavy atom. The normalized spacial score (nSPS) is 22.0. The molecule has 4 fully saturated rings. The number of nitrogens with zero attached hydrogens (tertiary/aromatic N) is 2. The van der Waals surface area contributed by atoms with E-state index in [1.807, 2.05) is 0 Å². The maximum atomic E-state index is 2.59. The summed E-state index contributed by atoms with van der Waals surface area (Å²) in [6, 6.07) is 67.7. The van der Waals surface area contributed by atoms with Crippen LogP contribution < -0.4 is 9.80 Å². The van der Waals surface area contributed by atoms with Crippen LogP contribution in [-0.2, 0) is 36.5 Å². The third-order valence-corrected chi connectivity index (χ3v) is 16.8. The van der Waals surface area contributed by atoms with Crippen LogP contribution >= 0.6 is 0 Å². The summed E-state index contributed by atoms with van der Waals surface area (Å²) in [5.74, 6) is 2.83. The van der Waals surface area contributed by atoms with E-state index < -0.39 is 0 Å². The molecule has 0 amide bonds. The van der Waals surface area contributed by atoms with Gasteiger partial charge in [-0.3, -0.25) is 0 Å². The molecule has 8 aromatic carbocycles. The van der Waals surface area contributed by atoms with Gasteiger partial charge >= 0.3 is 0 Å². The SMILES string of the molecule is CC1(C)c2ccccc2-c2ccc(N(c3cc4ccc3CCc3ccc(c(N(c5ccccc5)c5ccc(C67CC8CC(CC(C8)C6)C7)cc5)c3)CC4)c3cccc4ccccc34)cc21. The van der Waals surface area contributed by atoms with Crippen LogP contribution in [0, 0.1) is 17.8 Å². The van der Waals surface area contributed by atoms with Crippen LogP contribution in [0.2, 0.25) is 0 Å². The van der Waals surface area contributed by atoms with Gasteiger partial charge in [0.15, 0.2) is 0 Å². The van der Waals surface area contributed by atoms with Gasteiger partial charge in [0.05, 0.1) is 5.69 Å². The lowest BCUT2D eigenvalue weighted by Gasteiger charge is -2.57. The van der Waals surface area contributed by atoms with Crippen LogP contribution in [0.4, 0.5) is 34.1 Å². The maximum absolute atomic E-state index is 2.59. The average molecular weight is 843 g/mol. The number of benzene rings is 8. The van der Waals surface area contributed by atoms with E-state index in [-0.39, 0.29) is 5.41 Å². The zero-order valence-corrected chi connectivity index (χ0v) is 37.9. The van der Waals surface area contributed by atoms with Crippen molar-refractivity contribution in [1.29, 1.82) is 0 Å². The van der Waals surface area contributed by atoms with Crippen LogP contribution in [0.15, 0.2) is 176 Å². The van der Waals surface area contributed by atoms with E-state index in [1.165, 1.54) is 128 Å². The molecule has 2 nitrogen and oxygen atoms in total. The third-order valence-electron chi connectivity index (χ3n) is 16.8. The molecule has 9 aliphatic rings. The fourth-order valence-corrected chi connectivity index (χ4v) is 14.0. The number of hydrogen-bond donors (Lipinski definition) is 0. The first kappa shape index (κ1) is 39.0. The smallest absolute Gasteiger partial charge is 0.0540 e. The van der Waals surface area contributed by atoms with Crippen molar-refractivity contribution in [3.8, 4) is 11.1 Å². The monoisotopic (exact) mass is 842 g/mol. The molecular formula is C63H58N2. The fourth-order valence-electron chi connectivity index (χ4n) is 14.0. The molecule has 2 heteroatoms. The molecule has 320 valence electrons. The Morgan fingerprint density at radius 2 is 0.985 bits per heavy atom. The van der Waals surface area contributed by atoms with E-state index in [1.54, 1.807) is 5.56 Å². The molecule has 8 bridgehead atoms. The minimum Gasteiger partial charge on any atom is -0.310 e.